The van der Waals surface area contributed by atoms with Crippen LogP contribution in [0.1, 0.15) is 36.6 Å². The van der Waals surface area contributed by atoms with Crippen molar-refractivity contribution < 1.29 is 0 Å². The molecule has 1 aliphatic heterocycles. The Kier molecular flexibility index (Phi) is 8.08. The van der Waals surface area contributed by atoms with Crippen molar-refractivity contribution in [3.05, 3.63) is 71.3 Å². The highest BCUT2D eigenvalue weighted by atomic mass is 15.3. The highest BCUT2D eigenvalue weighted by Gasteiger charge is 2.16. The number of aliphatic imine (C=N–C) groups is 1. The van der Waals surface area contributed by atoms with E-state index in [9.17, 15) is 0 Å². The molecule has 0 spiro atoms. The molecule has 5 nitrogen and oxygen atoms in total. The van der Waals surface area contributed by atoms with Crippen LogP contribution in [0.25, 0.3) is 0 Å². The fourth-order valence-electron chi connectivity index (χ4n) is 3.79. The number of hydrogen-bond acceptors (Lipinski definition) is 3. The van der Waals surface area contributed by atoms with Crippen LogP contribution in [0, 0.1) is 0 Å². The van der Waals surface area contributed by atoms with Gasteiger partial charge in [-0.15, -0.1) is 0 Å². The molecule has 3 rings (SSSR count). The Bertz CT molecular complexity index is 766. The van der Waals surface area contributed by atoms with Gasteiger partial charge in [0.2, 0.25) is 0 Å². The van der Waals surface area contributed by atoms with E-state index in [-0.39, 0.29) is 6.04 Å². The Balaban J connectivity index is 1.56. The topological polar surface area (TPSA) is 42.9 Å². The smallest absolute Gasteiger partial charge is 0.191 e. The minimum Gasteiger partial charge on any atom is -0.352 e. The number of likely N-dealkylation sites (N-methyl/N-ethyl adjacent to an activating group) is 1. The minimum atomic E-state index is 0.201. The van der Waals surface area contributed by atoms with Crippen LogP contribution >= 0.6 is 0 Å². The van der Waals surface area contributed by atoms with E-state index in [0.717, 1.165) is 38.7 Å². The molecule has 2 aromatic carbocycles. The lowest BCUT2D eigenvalue weighted by Gasteiger charge is -2.34. The summed E-state index contributed by atoms with van der Waals surface area (Å²) in [6.45, 7) is 12.0. The summed E-state index contributed by atoms with van der Waals surface area (Å²) in [5.74, 6) is 0.827. The molecule has 1 saturated heterocycles. The van der Waals surface area contributed by atoms with Crippen molar-refractivity contribution in [2.75, 3.05) is 39.8 Å². The molecular formula is C24H35N5. The van der Waals surface area contributed by atoms with E-state index in [1.807, 2.05) is 13.1 Å². The zero-order chi connectivity index (χ0) is 20.5. The lowest BCUT2D eigenvalue weighted by Crippen LogP contribution is -2.45. The van der Waals surface area contributed by atoms with Crippen LogP contribution in [-0.2, 0) is 13.1 Å². The maximum absolute atomic E-state index is 4.41. The lowest BCUT2D eigenvalue weighted by molar-refractivity contribution is 0.131. The molecule has 0 bridgehead atoms. The molecule has 0 aliphatic carbocycles. The number of rotatable bonds is 7. The third-order valence-corrected chi connectivity index (χ3v) is 5.75. The van der Waals surface area contributed by atoms with Crippen molar-refractivity contribution in [3.63, 3.8) is 0 Å². The largest absolute Gasteiger partial charge is 0.352 e. The Morgan fingerprint density at radius 1 is 0.931 bits per heavy atom. The van der Waals surface area contributed by atoms with Crippen LogP contribution in [0.3, 0.4) is 0 Å². The molecular weight excluding hydrogens is 358 g/mol. The average Bonchev–Trinajstić information content (AvgIpc) is 2.78. The number of guanidine groups is 1. The molecule has 2 N–H and O–H groups in total. The van der Waals surface area contributed by atoms with Crippen molar-refractivity contribution in [1.82, 2.24) is 20.4 Å². The second-order valence-corrected chi connectivity index (χ2v) is 7.68. The molecule has 0 aromatic heterocycles. The average molecular weight is 394 g/mol. The molecule has 1 heterocycles. The quantitative estimate of drug-likeness (QED) is 0.560. The van der Waals surface area contributed by atoms with Gasteiger partial charge in [0.05, 0.1) is 6.04 Å². The monoisotopic (exact) mass is 393 g/mol. The number of hydrogen-bond donors (Lipinski definition) is 2. The van der Waals surface area contributed by atoms with E-state index in [0.29, 0.717) is 0 Å². The van der Waals surface area contributed by atoms with Crippen molar-refractivity contribution in [2.45, 2.75) is 33.0 Å². The van der Waals surface area contributed by atoms with Gasteiger partial charge < -0.3 is 15.5 Å². The van der Waals surface area contributed by atoms with Crippen molar-refractivity contribution in [3.8, 4) is 0 Å². The second kappa shape index (κ2) is 11.0. The number of benzene rings is 2. The van der Waals surface area contributed by atoms with E-state index in [4.69, 9.17) is 0 Å². The Hall–Kier alpha value is -2.37. The zero-order valence-corrected chi connectivity index (χ0v) is 18.1. The molecule has 1 atom stereocenters. The van der Waals surface area contributed by atoms with Crippen LogP contribution in [0.15, 0.2) is 59.6 Å². The summed E-state index contributed by atoms with van der Waals surface area (Å²) >= 11 is 0. The van der Waals surface area contributed by atoms with Gasteiger partial charge in [0.15, 0.2) is 5.96 Å². The summed E-state index contributed by atoms with van der Waals surface area (Å²) in [4.78, 5) is 9.50. The predicted octanol–water partition coefficient (Wildman–Crippen LogP) is 3.25. The summed E-state index contributed by atoms with van der Waals surface area (Å²) in [6.07, 6.45) is 0. The molecule has 1 aliphatic rings. The summed E-state index contributed by atoms with van der Waals surface area (Å²) in [5, 5.41) is 6.98. The number of piperazine rings is 1. The fraction of sp³-hybridized carbons (Fsp3) is 0.458. The molecule has 0 amide bonds. The first kappa shape index (κ1) is 21.3. The van der Waals surface area contributed by atoms with Crippen molar-refractivity contribution in [1.29, 1.82) is 0 Å². The maximum Gasteiger partial charge on any atom is 0.191 e. The van der Waals surface area contributed by atoms with E-state index < -0.39 is 0 Å². The van der Waals surface area contributed by atoms with Crippen LogP contribution < -0.4 is 10.6 Å². The summed E-state index contributed by atoms with van der Waals surface area (Å²) in [5.41, 5.74) is 3.99. The third-order valence-electron chi connectivity index (χ3n) is 5.75. The van der Waals surface area contributed by atoms with Crippen molar-refractivity contribution >= 4 is 5.96 Å². The molecule has 29 heavy (non-hydrogen) atoms. The highest BCUT2D eigenvalue weighted by Crippen LogP contribution is 2.14. The van der Waals surface area contributed by atoms with Gasteiger partial charge in [-0.1, -0.05) is 61.5 Å². The standard InChI is InChI=1S/C24H35N5/c1-4-28-14-16-29(17-15-28)19-23-13-9-8-12-22(23)18-26-24(25-3)27-20(2)21-10-6-5-7-11-21/h5-13,20H,4,14-19H2,1-3H3,(H2,25,26,27). The van der Waals surface area contributed by atoms with Gasteiger partial charge in [-0.3, -0.25) is 9.89 Å². The second-order valence-electron chi connectivity index (χ2n) is 7.68. The van der Waals surface area contributed by atoms with Crippen molar-refractivity contribution in [2.24, 2.45) is 4.99 Å². The van der Waals surface area contributed by atoms with Gasteiger partial charge in [-0.25, -0.2) is 0 Å². The molecule has 156 valence electrons. The van der Waals surface area contributed by atoms with Crippen LogP contribution in [0.2, 0.25) is 0 Å². The number of nitrogens with zero attached hydrogens (tertiary/aromatic N) is 3. The van der Waals surface area contributed by atoms with Gasteiger partial charge in [0.25, 0.3) is 0 Å². The Labute approximate surface area is 175 Å². The van der Waals surface area contributed by atoms with Gasteiger partial charge >= 0.3 is 0 Å². The first-order valence-corrected chi connectivity index (χ1v) is 10.7. The summed E-state index contributed by atoms with van der Waals surface area (Å²) in [6, 6.07) is 19.4. The molecule has 1 fully saturated rings. The molecule has 0 saturated carbocycles. The third kappa shape index (κ3) is 6.31. The first-order valence-electron chi connectivity index (χ1n) is 10.7. The summed E-state index contributed by atoms with van der Waals surface area (Å²) < 4.78 is 0. The fourth-order valence-corrected chi connectivity index (χ4v) is 3.79. The molecule has 1 unspecified atom stereocenters. The Morgan fingerprint density at radius 2 is 1.55 bits per heavy atom. The predicted molar refractivity (Wildman–Crippen MR) is 122 cm³/mol. The van der Waals surface area contributed by atoms with E-state index in [1.54, 1.807) is 0 Å². The van der Waals surface area contributed by atoms with Crippen LogP contribution in [0.4, 0.5) is 0 Å². The minimum absolute atomic E-state index is 0.201. The molecule has 5 heteroatoms. The highest BCUT2D eigenvalue weighted by molar-refractivity contribution is 5.80. The Morgan fingerprint density at radius 3 is 2.21 bits per heavy atom. The van der Waals surface area contributed by atoms with Gasteiger partial charge in [0.1, 0.15) is 0 Å². The molecule has 2 aromatic rings. The first-order chi connectivity index (χ1) is 14.2. The van der Waals surface area contributed by atoms with E-state index >= 15 is 0 Å². The zero-order valence-electron chi connectivity index (χ0n) is 18.1. The van der Waals surface area contributed by atoms with Gasteiger partial charge in [-0.05, 0) is 30.2 Å². The summed E-state index contributed by atoms with van der Waals surface area (Å²) in [7, 11) is 1.83. The van der Waals surface area contributed by atoms with Gasteiger partial charge in [-0.2, -0.15) is 0 Å². The lowest BCUT2D eigenvalue weighted by atomic mass is 10.1. The normalized spacial score (nSPS) is 17.1. The van der Waals surface area contributed by atoms with Crippen LogP contribution in [0.5, 0.6) is 0 Å². The maximum atomic E-state index is 4.41. The molecule has 0 radical (unpaired) electrons. The van der Waals surface area contributed by atoms with E-state index in [2.05, 4.69) is 87.8 Å². The SMILES string of the molecule is CCN1CCN(Cc2ccccc2CNC(=NC)NC(C)c2ccccc2)CC1. The van der Waals surface area contributed by atoms with Gasteiger partial charge in [0, 0.05) is 46.3 Å². The van der Waals surface area contributed by atoms with Crippen LogP contribution in [-0.4, -0.2) is 55.5 Å². The van der Waals surface area contributed by atoms with E-state index in [1.165, 1.54) is 29.8 Å². The number of nitrogens with one attached hydrogen (secondary N) is 2.